The molecule has 1 atom stereocenters. The van der Waals surface area contributed by atoms with E-state index < -0.39 is 0 Å². The Morgan fingerprint density at radius 2 is 2.17 bits per heavy atom. The lowest BCUT2D eigenvalue weighted by molar-refractivity contribution is -0.131. The Bertz CT molecular complexity index is 137. The first-order valence-electron chi connectivity index (χ1n) is 4.13. The Kier molecular flexibility index (Phi) is 5.66. The highest BCUT2D eigenvalue weighted by molar-refractivity contribution is 5.76. The molecule has 1 unspecified atom stereocenters. The van der Waals surface area contributed by atoms with Crippen molar-refractivity contribution in [1.82, 2.24) is 4.90 Å². The minimum absolute atomic E-state index is 0.0545. The number of carbonyl (C=O) groups excluding carboxylic acids is 1. The third kappa shape index (κ3) is 4.31. The number of hydrogen-bond donors (Lipinski definition) is 1. The molecule has 0 spiro atoms. The van der Waals surface area contributed by atoms with Crippen molar-refractivity contribution < 1.29 is 9.53 Å². The molecule has 0 saturated heterocycles. The van der Waals surface area contributed by atoms with Crippen molar-refractivity contribution in [2.24, 2.45) is 5.73 Å². The van der Waals surface area contributed by atoms with Gasteiger partial charge in [-0.25, -0.2) is 0 Å². The summed E-state index contributed by atoms with van der Waals surface area (Å²) in [5.41, 5.74) is 5.41. The molecule has 4 heteroatoms. The fourth-order valence-corrected chi connectivity index (χ4v) is 0.823. The van der Waals surface area contributed by atoms with Crippen molar-refractivity contribution in [3.8, 4) is 0 Å². The summed E-state index contributed by atoms with van der Waals surface area (Å²) < 4.78 is 5.24. The summed E-state index contributed by atoms with van der Waals surface area (Å²) in [4.78, 5) is 12.7. The highest BCUT2D eigenvalue weighted by Crippen LogP contribution is 1.98. The van der Waals surface area contributed by atoms with Crippen molar-refractivity contribution in [1.29, 1.82) is 0 Å². The van der Waals surface area contributed by atoms with E-state index in [1.807, 2.05) is 6.92 Å². The van der Waals surface area contributed by atoms with Gasteiger partial charge in [-0.05, 0) is 6.92 Å². The zero-order valence-electron chi connectivity index (χ0n) is 8.04. The second-order valence-electron chi connectivity index (χ2n) is 2.81. The number of hydrogen-bond acceptors (Lipinski definition) is 3. The van der Waals surface area contributed by atoms with E-state index in [9.17, 15) is 4.79 Å². The van der Waals surface area contributed by atoms with Crippen LogP contribution in [0.1, 0.15) is 13.3 Å². The predicted octanol–water partition coefficient (Wildman–Crippen LogP) is -0.171. The molecule has 0 fully saturated rings. The van der Waals surface area contributed by atoms with Crippen LogP contribution in [-0.4, -0.2) is 44.2 Å². The van der Waals surface area contributed by atoms with Gasteiger partial charge in [-0.1, -0.05) is 0 Å². The maximum Gasteiger partial charge on any atom is 0.224 e. The van der Waals surface area contributed by atoms with Crippen molar-refractivity contribution in [3.05, 3.63) is 0 Å². The smallest absolute Gasteiger partial charge is 0.224 e. The summed E-state index contributed by atoms with van der Waals surface area (Å²) in [5.74, 6) is 0.0545. The number of amides is 1. The Morgan fingerprint density at radius 1 is 1.58 bits per heavy atom. The molecule has 0 aliphatic rings. The third-order valence-electron chi connectivity index (χ3n) is 1.57. The van der Waals surface area contributed by atoms with Crippen LogP contribution in [0.3, 0.4) is 0 Å². The lowest BCUT2D eigenvalue weighted by atomic mass is 10.2. The molecular weight excluding hydrogens is 156 g/mol. The van der Waals surface area contributed by atoms with Gasteiger partial charge in [-0.15, -0.1) is 0 Å². The molecule has 0 aliphatic carbocycles. The first kappa shape index (κ1) is 11.4. The highest BCUT2D eigenvalue weighted by atomic mass is 16.5. The normalized spacial score (nSPS) is 12.7. The minimum atomic E-state index is -0.134. The zero-order chi connectivity index (χ0) is 9.56. The average Bonchev–Trinajstić information content (AvgIpc) is 2.03. The monoisotopic (exact) mass is 174 g/mol. The lowest BCUT2D eigenvalue weighted by Crippen LogP contribution is -2.32. The largest absolute Gasteiger partial charge is 0.377 e. The van der Waals surface area contributed by atoms with Gasteiger partial charge in [0.15, 0.2) is 0 Å². The molecule has 0 rings (SSSR count). The number of nitrogens with zero attached hydrogens (tertiary/aromatic N) is 1. The second kappa shape index (κ2) is 5.97. The molecule has 0 bridgehead atoms. The van der Waals surface area contributed by atoms with Crippen molar-refractivity contribution >= 4 is 5.91 Å². The Morgan fingerprint density at radius 3 is 2.50 bits per heavy atom. The van der Waals surface area contributed by atoms with Gasteiger partial charge in [0.1, 0.15) is 0 Å². The van der Waals surface area contributed by atoms with Gasteiger partial charge in [0.2, 0.25) is 5.91 Å². The van der Waals surface area contributed by atoms with E-state index in [-0.39, 0.29) is 12.0 Å². The van der Waals surface area contributed by atoms with Gasteiger partial charge in [0.25, 0.3) is 0 Å². The summed E-state index contributed by atoms with van der Waals surface area (Å²) in [7, 11) is 3.45. The molecule has 0 saturated carbocycles. The molecule has 0 aromatic carbocycles. The van der Waals surface area contributed by atoms with Gasteiger partial charge in [-0.3, -0.25) is 4.79 Å². The van der Waals surface area contributed by atoms with Crippen LogP contribution in [0, 0.1) is 0 Å². The lowest BCUT2D eigenvalue weighted by Gasteiger charge is -2.16. The van der Waals surface area contributed by atoms with E-state index in [0.717, 1.165) is 0 Å². The first-order chi connectivity index (χ1) is 5.61. The van der Waals surface area contributed by atoms with Crippen molar-refractivity contribution in [2.75, 3.05) is 27.2 Å². The molecule has 4 nitrogen and oxygen atoms in total. The van der Waals surface area contributed by atoms with Crippen LogP contribution in [0.4, 0.5) is 0 Å². The molecule has 0 aliphatic heterocycles. The van der Waals surface area contributed by atoms with Gasteiger partial charge in [-0.2, -0.15) is 0 Å². The Hall–Kier alpha value is -0.610. The van der Waals surface area contributed by atoms with Gasteiger partial charge in [0, 0.05) is 27.2 Å². The summed E-state index contributed by atoms with van der Waals surface area (Å²) in [6, 6.07) is 0. The van der Waals surface area contributed by atoms with E-state index in [4.69, 9.17) is 10.5 Å². The first-order valence-corrected chi connectivity index (χ1v) is 4.13. The van der Waals surface area contributed by atoms with E-state index in [0.29, 0.717) is 19.6 Å². The van der Waals surface area contributed by atoms with E-state index in [1.54, 1.807) is 19.0 Å². The molecule has 0 heterocycles. The molecule has 12 heavy (non-hydrogen) atoms. The van der Waals surface area contributed by atoms with Crippen LogP contribution >= 0.6 is 0 Å². The molecule has 0 radical (unpaired) electrons. The van der Waals surface area contributed by atoms with Crippen LogP contribution in [0.25, 0.3) is 0 Å². The van der Waals surface area contributed by atoms with Crippen LogP contribution in [0.5, 0.6) is 0 Å². The maximum atomic E-state index is 11.2. The molecular formula is C8H18N2O2. The van der Waals surface area contributed by atoms with Crippen molar-refractivity contribution in [3.63, 3.8) is 0 Å². The number of ether oxygens (including phenoxy) is 1. The highest BCUT2D eigenvalue weighted by Gasteiger charge is 2.12. The van der Waals surface area contributed by atoms with Crippen LogP contribution in [-0.2, 0) is 9.53 Å². The molecule has 2 N–H and O–H groups in total. The quantitative estimate of drug-likeness (QED) is 0.629. The standard InChI is InChI=1S/C8H18N2O2/c1-4-12-7(6-9)5-8(11)10(2)3/h7H,4-6,9H2,1-3H3. The number of rotatable bonds is 5. The minimum Gasteiger partial charge on any atom is -0.377 e. The zero-order valence-corrected chi connectivity index (χ0v) is 8.04. The summed E-state index contributed by atoms with van der Waals surface area (Å²) in [5, 5.41) is 0. The summed E-state index contributed by atoms with van der Waals surface area (Å²) in [6.45, 7) is 2.89. The van der Waals surface area contributed by atoms with E-state index in [2.05, 4.69) is 0 Å². The predicted molar refractivity (Wildman–Crippen MR) is 47.8 cm³/mol. The average molecular weight is 174 g/mol. The van der Waals surface area contributed by atoms with E-state index >= 15 is 0 Å². The van der Waals surface area contributed by atoms with Crippen LogP contribution in [0.2, 0.25) is 0 Å². The maximum absolute atomic E-state index is 11.2. The number of carbonyl (C=O) groups is 1. The number of nitrogens with two attached hydrogens (primary N) is 1. The van der Waals surface area contributed by atoms with Gasteiger partial charge >= 0.3 is 0 Å². The molecule has 72 valence electrons. The Labute approximate surface area is 73.7 Å². The SMILES string of the molecule is CCOC(CN)CC(=O)N(C)C. The fourth-order valence-electron chi connectivity index (χ4n) is 0.823. The van der Waals surface area contributed by atoms with E-state index in [1.165, 1.54) is 0 Å². The summed E-state index contributed by atoms with van der Waals surface area (Å²) >= 11 is 0. The topological polar surface area (TPSA) is 55.6 Å². The summed E-state index contributed by atoms with van der Waals surface area (Å²) in [6.07, 6.45) is 0.238. The van der Waals surface area contributed by atoms with Crippen molar-refractivity contribution in [2.45, 2.75) is 19.4 Å². The van der Waals surface area contributed by atoms with Gasteiger partial charge in [0.05, 0.1) is 12.5 Å². The third-order valence-corrected chi connectivity index (χ3v) is 1.57. The molecule has 0 aromatic heterocycles. The van der Waals surface area contributed by atoms with Gasteiger partial charge < -0.3 is 15.4 Å². The van der Waals surface area contributed by atoms with Crippen LogP contribution in [0.15, 0.2) is 0 Å². The molecule has 0 aromatic rings. The fraction of sp³-hybridized carbons (Fsp3) is 0.875. The molecule has 1 amide bonds. The second-order valence-corrected chi connectivity index (χ2v) is 2.81. The van der Waals surface area contributed by atoms with Crippen LogP contribution < -0.4 is 5.73 Å². The Balaban J connectivity index is 3.77.